The molecule has 2 aromatic heterocycles. The fourth-order valence-corrected chi connectivity index (χ4v) is 7.36. The van der Waals surface area contributed by atoms with E-state index in [2.05, 4.69) is 10.1 Å². The van der Waals surface area contributed by atoms with Crippen LogP contribution in [0, 0.1) is 31.6 Å². The van der Waals surface area contributed by atoms with Gasteiger partial charge in [0.15, 0.2) is 9.84 Å². The third-order valence-electron chi connectivity index (χ3n) is 6.66. The first-order valence-corrected chi connectivity index (χ1v) is 11.6. The maximum atomic E-state index is 13.5. The molecule has 2 aliphatic carbocycles. The van der Waals surface area contributed by atoms with Gasteiger partial charge >= 0.3 is 0 Å². The van der Waals surface area contributed by atoms with E-state index in [4.69, 9.17) is 4.52 Å². The van der Waals surface area contributed by atoms with Crippen molar-refractivity contribution in [1.82, 2.24) is 10.1 Å². The van der Waals surface area contributed by atoms with Crippen molar-refractivity contribution in [1.29, 1.82) is 0 Å². The first kappa shape index (κ1) is 17.9. The van der Waals surface area contributed by atoms with Gasteiger partial charge in [0.1, 0.15) is 5.76 Å². The smallest absolute Gasteiger partial charge is 0.179 e. The van der Waals surface area contributed by atoms with Gasteiger partial charge in [-0.1, -0.05) is 11.6 Å². The van der Waals surface area contributed by atoms with Crippen LogP contribution in [0.2, 0.25) is 0 Å². The van der Waals surface area contributed by atoms with Gasteiger partial charge in [-0.3, -0.25) is 4.98 Å². The largest absolute Gasteiger partial charge is 0.361 e. The molecule has 3 unspecified atom stereocenters. The maximum absolute atomic E-state index is 13.5. The summed E-state index contributed by atoms with van der Waals surface area (Å²) in [5, 5.41) is 4.72. The second kappa shape index (κ2) is 6.41. The summed E-state index contributed by atoms with van der Waals surface area (Å²) in [6.45, 7) is 3.72. The molecule has 0 saturated heterocycles. The SMILES string of the molecule is Cc1noc(C)c1-c1cc(S(=O)(=O)CC2CC3CCC2C3)c2cccnc2c1. The van der Waals surface area contributed by atoms with Crippen molar-refractivity contribution < 1.29 is 12.9 Å². The lowest BCUT2D eigenvalue weighted by molar-refractivity contribution is 0.360. The third kappa shape index (κ3) is 2.85. The Balaban J connectivity index is 1.63. The van der Waals surface area contributed by atoms with Crippen molar-refractivity contribution in [2.45, 2.75) is 44.4 Å². The number of fused-ring (bicyclic) bond motifs is 3. The number of nitrogens with zero attached hydrogens (tertiary/aromatic N) is 2. The highest BCUT2D eigenvalue weighted by atomic mass is 32.2. The molecule has 0 aliphatic heterocycles. The predicted molar refractivity (Wildman–Crippen MR) is 108 cm³/mol. The summed E-state index contributed by atoms with van der Waals surface area (Å²) in [5.41, 5.74) is 3.09. The number of pyridine rings is 1. The van der Waals surface area contributed by atoms with Crippen molar-refractivity contribution in [2.75, 3.05) is 5.75 Å². The minimum atomic E-state index is -3.42. The Morgan fingerprint density at radius 3 is 2.71 bits per heavy atom. The average Bonchev–Trinajstić information content (AvgIpc) is 3.36. The minimum Gasteiger partial charge on any atom is -0.361 e. The van der Waals surface area contributed by atoms with Gasteiger partial charge in [0, 0.05) is 17.1 Å². The summed E-state index contributed by atoms with van der Waals surface area (Å²) in [6, 6.07) is 7.37. The van der Waals surface area contributed by atoms with Gasteiger partial charge in [-0.05, 0) is 80.7 Å². The van der Waals surface area contributed by atoms with Gasteiger partial charge in [0.25, 0.3) is 0 Å². The van der Waals surface area contributed by atoms with Crippen LogP contribution < -0.4 is 0 Å². The molecule has 2 aliphatic rings. The molecule has 2 saturated carbocycles. The second-order valence-electron chi connectivity index (χ2n) is 8.46. The highest BCUT2D eigenvalue weighted by molar-refractivity contribution is 7.91. The van der Waals surface area contributed by atoms with Crippen molar-refractivity contribution in [3.8, 4) is 11.1 Å². The number of hydrogen-bond acceptors (Lipinski definition) is 5. The molecule has 28 heavy (non-hydrogen) atoms. The minimum absolute atomic E-state index is 0.239. The molecule has 2 heterocycles. The van der Waals surface area contributed by atoms with Crippen molar-refractivity contribution in [3.05, 3.63) is 41.9 Å². The molecule has 2 fully saturated rings. The van der Waals surface area contributed by atoms with E-state index in [-0.39, 0.29) is 11.7 Å². The Morgan fingerprint density at radius 1 is 1.18 bits per heavy atom. The van der Waals surface area contributed by atoms with Crippen LogP contribution in [-0.2, 0) is 9.84 Å². The van der Waals surface area contributed by atoms with Crippen molar-refractivity contribution in [3.63, 3.8) is 0 Å². The van der Waals surface area contributed by atoms with Gasteiger partial charge in [0.2, 0.25) is 0 Å². The van der Waals surface area contributed by atoms with E-state index in [1.165, 1.54) is 19.3 Å². The Hall–Kier alpha value is -2.21. The van der Waals surface area contributed by atoms with E-state index in [9.17, 15) is 8.42 Å². The van der Waals surface area contributed by atoms with Crippen LogP contribution in [-0.4, -0.2) is 24.3 Å². The molecule has 3 aromatic rings. The van der Waals surface area contributed by atoms with Crippen LogP contribution in [0.25, 0.3) is 22.0 Å². The normalized spacial score (nSPS) is 24.3. The molecule has 6 heteroatoms. The van der Waals surface area contributed by atoms with Crippen LogP contribution >= 0.6 is 0 Å². The van der Waals surface area contributed by atoms with Crippen LogP contribution in [0.4, 0.5) is 0 Å². The first-order valence-electron chi connectivity index (χ1n) is 9.97. The molecule has 0 N–H and O–H groups in total. The molecule has 0 amide bonds. The number of hydrogen-bond donors (Lipinski definition) is 0. The van der Waals surface area contributed by atoms with Crippen LogP contribution in [0.15, 0.2) is 39.9 Å². The Labute approximate surface area is 165 Å². The molecule has 5 nitrogen and oxygen atoms in total. The number of sulfone groups is 1. The zero-order valence-corrected chi connectivity index (χ0v) is 17.0. The zero-order chi connectivity index (χ0) is 19.5. The molecule has 0 spiro atoms. The summed E-state index contributed by atoms with van der Waals surface area (Å²) in [5.74, 6) is 2.53. The first-order chi connectivity index (χ1) is 13.4. The number of benzene rings is 1. The second-order valence-corrected chi connectivity index (χ2v) is 10.5. The van der Waals surface area contributed by atoms with Crippen LogP contribution in [0.5, 0.6) is 0 Å². The average molecular weight is 397 g/mol. The fraction of sp³-hybridized carbons (Fsp3) is 0.455. The monoisotopic (exact) mass is 396 g/mol. The quantitative estimate of drug-likeness (QED) is 0.638. The molecule has 0 radical (unpaired) electrons. The molecular formula is C22H24N2O3S. The standard InChI is InChI=1S/C22H24N2O3S/c1-13-22(14(2)27-24-13)17-10-20-19(4-3-7-23-20)21(11-17)28(25,26)12-18-9-15-5-6-16(18)8-15/h3-4,7,10-11,15-16,18H,5-6,8-9,12H2,1-2H3. The van der Waals surface area contributed by atoms with Crippen LogP contribution in [0.3, 0.4) is 0 Å². The van der Waals surface area contributed by atoms with E-state index in [0.29, 0.717) is 27.5 Å². The molecule has 2 bridgehead atoms. The van der Waals surface area contributed by atoms with Gasteiger partial charge < -0.3 is 4.52 Å². The number of rotatable bonds is 4. The van der Waals surface area contributed by atoms with E-state index in [1.54, 1.807) is 18.3 Å². The topological polar surface area (TPSA) is 73.1 Å². The van der Waals surface area contributed by atoms with Crippen molar-refractivity contribution in [2.24, 2.45) is 17.8 Å². The van der Waals surface area contributed by atoms with Gasteiger partial charge in [-0.15, -0.1) is 0 Å². The summed E-state index contributed by atoms with van der Waals surface area (Å²) in [6.07, 6.45) is 6.43. The summed E-state index contributed by atoms with van der Waals surface area (Å²) >= 11 is 0. The molecule has 1 aromatic carbocycles. The summed E-state index contributed by atoms with van der Waals surface area (Å²) in [4.78, 5) is 4.82. The van der Waals surface area contributed by atoms with E-state index in [1.807, 2.05) is 26.0 Å². The molecule has 3 atom stereocenters. The van der Waals surface area contributed by atoms with E-state index < -0.39 is 9.84 Å². The maximum Gasteiger partial charge on any atom is 0.179 e. The predicted octanol–water partition coefficient (Wildman–Crippen LogP) is 4.72. The summed E-state index contributed by atoms with van der Waals surface area (Å²) < 4.78 is 32.3. The van der Waals surface area contributed by atoms with Crippen LogP contribution in [0.1, 0.15) is 37.1 Å². The third-order valence-corrected chi connectivity index (χ3v) is 8.53. The van der Waals surface area contributed by atoms with Gasteiger partial charge in [-0.25, -0.2) is 8.42 Å². The number of aryl methyl sites for hydroxylation is 2. The molecule has 146 valence electrons. The Kier molecular flexibility index (Phi) is 4.09. The summed E-state index contributed by atoms with van der Waals surface area (Å²) in [7, 11) is -3.42. The molecular weight excluding hydrogens is 372 g/mol. The fourth-order valence-electron chi connectivity index (χ4n) is 5.40. The highest BCUT2D eigenvalue weighted by Gasteiger charge is 2.41. The lowest BCUT2D eigenvalue weighted by Gasteiger charge is -2.22. The van der Waals surface area contributed by atoms with Gasteiger partial charge in [0.05, 0.1) is 21.9 Å². The molecule has 5 rings (SSSR count). The van der Waals surface area contributed by atoms with Crippen molar-refractivity contribution >= 4 is 20.7 Å². The zero-order valence-electron chi connectivity index (χ0n) is 16.2. The van der Waals surface area contributed by atoms with E-state index in [0.717, 1.165) is 29.2 Å². The Morgan fingerprint density at radius 2 is 2.04 bits per heavy atom. The van der Waals surface area contributed by atoms with Gasteiger partial charge in [-0.2, -0.15) is 0 Å². The lowest BCUT2D eigenvalue weighted by atomic mass is 9.90. The lowest BCUT2D eigenvalue weighted by Crippen LogP contribution is -2.21. The van der Waals surface area contributed by atoms with E-state index >= 15 is 0 Å². The Bertz CT molecular complexity index is 1150. The highest BCUT2D eigenvalue weighted by Crippen LogP contribution is 2.49. The number of aromatic nitrogens is 2.